The summed E-state index contributed by atoms with van der Waals surface area (Å²) in [7, 11) is 1.34. The van der Waals surface area contributed by atoms with Crippen LogP contribution < -0.4 is 0 Å². The Hall–Kier alpha value is -0.311. The van der Waals surface area contributed by atoms with Crippen molar-refractivity contribution >= 4 is 20.9 Å². The third kappa shape index (κ3) is 2.83. The molecule has 1 N–H and O–H groups in total. The van der Waals surface area contributed by atoms with Crippen molar-refractivity contribution in [2.75, 3.05) is 7.11 Å². The number of hydrogen-bond donors (Lipinski definition) is 1. The van der Waals surface area contributed by atoms with Gasteiger partial charge in [-0.05, 0) is 0 Å². The van der Waals surface area contributed by atoms with E-state index in [1.807, 2.05) is 12.7 Å². The quantitative estimate of drug-likeness (QED) is 0.461. The van der Waals surface area contributed by atoms with Crippen molar-refractivity contribution in [1.82, 2.24) is 0 Å². The molecule has 0 spiro atoms. The van der Waals surface area contributed by atoms with Gasteiger partial charge in [0.2, 0.25) is 0 Å². The van der Waals surface area contributed by atoms with Crippen LogP contribution in [0.4, 0.5) is 0 Å². The molecular formula is C9H16O3Se. The van der Waals surface area contributed by atoms with Gasteiger partial charge in [0.15, 0.2) is 0 Å². The number of esters is 1. The zero-order chi connectivity index (χ0) is 10.5. The summed E-state index contributed by atoms with van der Waals surface area (Å²) < 4.78 is 3.89. The molecule has 0 aliphatic carbocycles. The standard InChI is InChI=1S/C9H16O3Se/c1-5-6-7(10)9(2,13-4)8(11)12-3/h5-7,10H,1-4H3/b6-5+/t7-,9+/m1/s1. The van der Waals surface area contributed by atoms with Gasteiger partial charge in [-0.15, -0.1) is 0 Å². The van der Waals surface area contributed by atoms with E-state index in [1.165, 1.54) is 7.11 Å². The van der Waals surface area contributed by atoms with Gasteiger partial charge < -0.3 is 0 Å². The van der Waals surface area contributed by atoms with Gasteiger partial charge in [0.1, 0.15) is 0 Å². The monoisotopic (exact) mass is 252 g/mol. The third-order valence-corrected chi connectivity index (χ3v) is 4.59. The summed E-state index contributed by atoms with van der Waals surface area (Å²) in [6.07, 6.45) is 2.59. The van der Waals surface area contributed by atoms with Crippen LogP contribution in [0, 0.1) is 0 Å². The second-order valence-electron chi connectivity index (χ2n) is 2.77. The van der Waals surface area contributed by atoms with E-state index in [1.54, 1.807) is 19.1 Å². The SMILES string of the molecule is C/C=C/[C@@H](O)[C@](C)([Se]C)C(=O)OC. The fourth-order valence-electron chi connectivity index (χ4n) is 0.893. The molecule has 0 saturated heterocycles. The van der Waals surface area contributed by atoms with Crippen LogP contribution in [0.3, 0.4) is 0 Å². The van der Waals surface area contributed by atoms with Crippen LogP contribution in [0.1, 0.15) is 13.8 Å². The number of carbonyl (C=O) groups excluding carboxylic acids is 1. The summed E-state index contributed by atoms with van der Waals surface area (Å²) in [5.41, 5.74) is 0. The van der Waals surface area contributed by atoms with Crippen molar-refractivity contribution in [2.45, 2.75) is 30.1 Å². The Morgan fingerprint density at radius 1 is 1.69 bits per heavy atom. The van der Waals surface area contributed by atoms with Crippen molar-refractivity contribution in [3.05, 3.63) is 12.2 Å². The number of ether oxygens (including phenoxy) is 1. The van der Waals surface area contributed by atoms with Crippen molar-refractivity contribution in [2.24, 2.45) is 0 Å². The molecule has 3 nitrogen and oxygen atoms in total. The first-order chi connectivity index (χ1) is 6.02. The van der Waals surface area contributed by atoms with Crippen LogP contribution in [-0.4, -0.2) is 39.2 Å². The molecule has 0 aromatic carbocycles. The third-order valence-electron chi connectivity index (χ3n) is 1.95. The first-order valence-electron chi connectivity index (χ1n) is 3.97. The summed E-state index contributed by atoms with van der Waals surface area (Å²) in [6.45, 7) is 3.53. The topological polar surface area (TPSA) is 46.5 Å². The Morgan fingerprint density at radius 3 is 2.54 bits per heavy atom. The first-order valence-corrected chi connectivity index (χ1v) is 6.54. The Morgan fingerprint density at radius 2 is 2.23 bits per heavy atom. The van der Waals surface area contributed by atoms with Gasteiger partial charge in [0.25, 0.3) is 0 Å². The average molecular weight is 251 g/mol. The fraction of sp³-hybridized carbons (Fsp3) is 0.667. The van der Waals surface area contributed by atoms with Gasteiger partial charge in [-0.2, -0.15) is 0 Å². The number of hydrogen-bond acceptors (Lipinski definition) is 3. The molecule has 2 atom stereocenters. The van der Waals surface area contributed by atoms with E-state index in [0.29, 0.717) is 0 Å². The van der Waals surface area contributed by atoms with Gasteiger partial charge in [-0.1, -0.05) is 0 Å². The summed E-state index contributed by atoms with van der Waals surface area (Å²) in [5.74, 6) is 1.57. The number of rotatable bonds is 4. The predicted molar refractivity (Wildman–Crippen MR) is 52.8 cm³/mol. The van der Waals surface area contributed by atoms with E-state index >= 15 is 0 Å². The summed E-state index contributed by atoms with van der Waals surface area (Å²) >= 11 is -0.000972. The maximum atomic E-state index is 11.4. The number of allylic oxidation sites excluding steroid dienone is 1. The fourth-order valence-corrected chi connectivity index (χ4v) is 2.09. The number of aliphatic hydroxyl groups excluding tert-OH is 1. The summed E-state index contributed by atoms with van der Waals surface area (Å²) in [5, 5.41) is 9.70. The molecule has 0 rings (SSSR count). The Bertz CT molecular complexity index is 203. The molecule has 0 unspecified atom stereocenters. The van der Waals surface area contributed by atoms with E-state index in [-0.39, 0.29) is 20.9 Å². The molecule has 0 fully saturated rings. The molecule has 0 aliphatic rings. The molecule has 0 bridgehead atoms. The van der Waals surface area contributed by atoms with Crippen molar-refractivity contribution < 1.29 is 14.6 Å². The molecular weight excluding hydrogens is 235 g/mol. The van der Waals surface area contributed by atoms with E-state index in [0.717, 1.165) is 0 Å². The van der Waals surface area contributed by atoms with Gasteiger partial charge >= 0.3 is 84.9 Å². The Balaban J connectivity index is 4.71. The van der Waals surface area contributed by atoms with Crippen LogP contribution in [0.25, 0.3) is 0 Å². The van der Waals surface area contributed by atoms with Gasteiger partial charge in [0.05, 0.1) is 0 Å². The normalized spacial score (nSPS) is 18.2. The van der Waals surface area contributed by atoms with Crippen LogP contribution in [0.15, 0.2) is 12.2 Å². The van der Waals surface area contributed by atoms with Crippen LogP contribution in [-0.2, 0) is 9.53 Å². The zero-order valence-corrected chi connectivity index (χ0v) is 10.1. The molecule has 0 aliphatic heterocycles. The van der Waals surface area contributed by atoms with Crippen LogP contribution in [0.5, 0.6) is 0 Å². The van der Waals surface area contributed by atoms with Crippen molar-refractivity contribution in [1.29, 1.82) is 0 Å². The van der Waals surface area contributed by atoms with E-state index in [2.05, 4.69) is 4.74 Å². The summed E-state index contributed by atoms with van der Waals surface area (Å²) in [4.78, 5) is 11.4. The Kier molecular flexibility index (Phi) is 5.30. The molecule has 0 amide bonds. The second-order valence-corrected chi connectivity index (χ2v) is 5.41. The molecule has 0 heterocycles. The molecule has 0 aromatic heterocycles. The molecule has 0 radical (unpaired) electrons. The first kappa shape index (κ1) is 12.7. The van der Waals surface area contributed by atoms with Crippen molar-refractivity contribution in [3.63, 3.8) is 0 Å². The van der Waals surface area contributed by atoms with Crippen LogP contribution in [0.2, 0.25) is 10.1 Å². The molecule has 0 saturated carbocycles. The zero-order valence-electron chi connectivity index (χ0n) is 8.40. The van der Waals surface area contributed by atoms with Crippen LogP contribution >= 0.6 is 0 Å². The van der Waals surface area contributed by atoms with Crippen molar-refractivity contribution in [3.8, 4) is 0 Å². The van der Waals surface area contributed by atoms with E-state index in [4.69, 9.17) is 0 Å². The minimum absolute atomic E-state index is 0.000972. The molecule has 13 heavy (non-hydrogen) atoms. The van der Waals surface area contributed by atoms with E-state index in [9.17, 15) is 9.90 Å². The van der Waals surface area contributed by atoms with Gasteiger partial charge in [0, 0.05) is 0 Å². The maximum absolute atomic E-state index is 11.4. The summed E-state index contributed by atoms with van der Waals surface area (Å²) in [6, 6.07) is 0. The second kappa shape index (κ2) is 5.43. The predicted octanol–water partition coefficient (Wildman–Crippen LogP) is 1.03. The van der Waals surface area contributed by atoms with Gasteiger partial charge in [-0.3, -0.25) is 0 Å². The number of carbonyl (C=O) groups is 1. The average Bonchev–Trinajstić information content (AvgIpc) is 2.15. The number of methoxy groups -OCH3 is 1. The van der Waals surface area contributed by atoms with E-state index < -0.39 is 10.4 Å². The van der Waals surface area contributed by atoms with Gasteiger partial charge in [-0.25, -0.2) is 0 Å². The number of aliphatic hydroxyl groups is 1. The molecule has 76 valence electrons. The molecule has 4 heteroatoms. The Labute approximate surface area is 85.3 Å². The molecule has 0 aromatic rings. The minimum atomic E-state index is -0.770.